The molecule has 0 radical (unpaired) electrons. The maximum absolute atomic E-state index is 13.3. The van der Waals surface area contributed by atoms with Gasteiger partial charge >= 0.3 is 0 Å². The van der Waals surface area contributed by atoms with Crippen molar-refractivity contribution in [2.24, 2.45) is 0 Å². The van der Waals surface area contributed by atoms with Gasteiger partial charge in [-0.1, -0.05) is 49.2 Å². The Labute approximate surface area is 188 Å². The number of fused-ring (bicyclic) bond motifs is 1. The minimum absolute atomic E-state index is 0.0715. The van der Waals surface area contributed by atoms with Gasteiger partial charge in [0.1, 0.15) is 5.58 Å². The standard InChI is InChI=1S/C24H30N4O2S/c1-27(18-9-4-3-5-10-18)15-16-28(2)23(29)22-20(17-31-24-25-13-8-14-26-24)19-11-6-7-12-21(19)30-22/h6-8,11-14,18H,3-5,9-10,15-17H2,1-2H3. The number of nitrogens with zero attached hydrogens (tertiary/aromatic N) is 4. The molecule has 0 unspecified atom stereocenters. The van der Waals surface area contributed by atoms with E-state index in [1.807, 2.05) is 31.3 Å². The predicted octanol–water partition coefficient (Wildman–Crippen LogP) is 4.85. The van der Waals surface area contributed by atoms with Crippen LogP contribution in [0.3, 0.4) is 0 Å². The molecule has 7 heteroatoms. The Kier molecular flexibility index (Phi) is 7.25. The van der Waals surface area contributed by atoms with Crippen molar-refractivity contribution >= 4 is 28.6 Å². The molecule has 2 aromatic heterocycles. The highest BCUT2D eigenvalue weighted by atomic mass is 32.2. The number of aromatic nitrogens is 2. The molecule has 0 aliphatic heterocycles. The first-order chi connectivity index (χ1) is 15.1. The second kappa shape index (κ2) is 10.3. The van der Waals surface area contributed by atoms with Gasteiger partial charge in [-0.2, -0.15) is 0 Å². The van der Waals surface area contributed by atoms with E-state index in [9.17, 15) is 4.79 Å². The third-order valence-electron chi connectivity index (χ3n) is 6.11. The Morgan fingerprint density at radius 2 is 1.81 bits per heavy atom. The summed E-state index contributed by atoms with van der Waals surface area (Å²) in [5.74, 6) is 0.933. The van der Waals surface area contributed by atoms with Gasteiger partial charge in [-0.3, -0.25) is 4.79 Å². The van der Waals surface area contributed by atoms with Crippen molar-refractivity contribution in [3.63, 3.8) is 0 Å². The Bertz CT molecular complexity index is 1000. The van der Waals surface area contributed by atoms with Crippen molar-refractivity contribution < 1.29 is 9.21 Å². The van der Waals surface area contributed by atoms with Crippen molar-refractivity contribution in [1.29, 1.82) is 0 Å². The van der Waals surface area contributed by atoms with Gasteiger partial charge < -0.3 is 14.2 Å². The lowest BCUT2D eigenvalue weighted by Gasteiger charge is -2.32. The van der Waals surface area contributed by atoms with Gasteiger partial charge in [-0.15, -0.1) is 0 Å². The van der Waals surface area contributed by atoms with Crippen LogP contribution in [0, 0.1) is 0 Å². The summed E-state index contributed by atoms with van der Waals surface area (Å²) in [5, 5.41) is 1.66. The van der Waals surface area contributed by atoms with Gasteiger partial charge in [0.25, 0.3) is 5.91 Å². The Hall–Kier alpha value is -2.38. The molecular weight excluding hydrogens is 408 g/mol. The van der Waals surface area contributed by atoms with E-state index in [-0.39, 0.29) is 5.91 Å². The average Bonchev–Trinajstić information content (AvgIpc) is 3.20. The number of hydrogen-bond acceptors (Lipinski definition) is 6. The first-order valence-electron chi connectivity index (χ1n) is 11.0. The number of furan rings is 1. The summed E-state index contributed by atoms with van der Waals surface area (Å²) >= 11 is 1.51. The summed E-state index contributed by atoms with van der Waals surface area (Å²) in [6, 6.07) is 10.3. The largest absolute Gasteiger partial charge is 0.451 e. The number of amides is 1. The van der Waals surface area contributed by atoms with Crippen LogP contribution in [0.4, 0.5) is 0 Å². The van der Waals surface area contributed by atoms with Gasteiger partial charge in [0, 0.05) is 55.3 Å². The van der Waals surface area contributed by atoms with E-state index in [4.69, 9.17) is 4.42 Å². The van der Waals surface area contributed by atoms with Crippen LogP contribution in [0.5, 0.6) is 0 Å². The molecule has 164 valence electrons. The number of carbonyl (C=O) groups is 1. The molecule has 4 rings (SSSR count). The molecular formula is C24H30N4O2S. The zero-order chi connectivity index (χ0) is 21.6. The molecule has 2 heterocycles. The van der Waals surface area contributed by atoms with Crippen LogP contribution in [0.1, 0.15) is 48.2 Å². The summed E-state index contributed by atoms with van der Waals surface area (Å²) in [4.78, 5) is 26.1. The van der Waals surface area contributed by atoms with Crippen LogP contribution in [-0.4, -0.2) is 58.9 Å². The molecule has 6 nitrogen and oxygen atoms in total. The van der Waals surface area contributed by atoms with E-state index in [0.29, 0.717) is 29.3 Å². The number of likely N-dealkylation sites (N-methyl/N-ethyl adjacent to an activating group) is 2. The molecule has 1 saturated carbocycles. The highest BCUT2D eigenvalue weighted by Gasteiger charge is 2.25. The van der Waals surface area contributed by atoms with Crippen LogP contribution in [0.25, 0.3) is 11.0 Å². The van der Waals surface area contributed by atoms with E-state index in [1.54, 1.807) is 23.4 Å². The fourth-order valence-electron chi connectivity index (χ4n) is 4.20. The fraction of sp³-hybridized carbons (Fsp3) is 0.458. The van der Waals surface area contributed by atoms with Gasteiger partial charge in [0.2, 0.25) is 0 Å². The Morgan fingerprint density at radius 1 is 1.06 bits per heavy atom. The topological polar surface area (TPSA) is 62.5 Å². The molecule has 1 fully saturated rings. The third-order valence-corrected chi connectivity index (χ3v) is 7.02. The summed E-state index contributed by atoms with van der Waals surface area (Å²) in [5.41, 5.74) is 1.65. The summed E-state index contributed by atoms with van der Waals surface area (Å²) in [7, 11) is 4.04. The first-order valence-corrected chi connectivity index (χ1v) is 12.0. The monoisotopic (exact) mass is 438 g/mol. The predicted molar refractivity (Wildman–Crippen MR) is 124 cm³/mol. The zero-order valence-electron chi connectivity index (χ0n) is 18.3. The lowest BCUT2D eigenvalue weighted by atomic mass is 9.94. The lowest BCUT2D eigenvalue weighted by Crippen LogP contribution is -2.40. The van der Waals surface area contributed by atoms with Crippen molar-refractivity contribution in [3.8, 4) is 0 Å². The maximum Gasteiger partial charge on any atom is 0.289 e. The van der Waals surface area contributed by atoms with Crippen LogP contribution >= 0.6 is 11.8 Å². The van der Waals surface area contributed by atoms with E-state index in [0.717, 1.165) is 23.1 Å². The van der Waals surface area contributed by atoms with Crippen LogP contribution in [0.15, 0.2) is 52.3 Å². The van der Waals surface area contributed by atoms with Gasteiger partial charge in [-0.05, 0) is 32.0 Å². The lowest BCUT2D eigenvalue weighted by molar-refractivity contribution is 0.0738. The Balaban J connectivity index is 1.47. The van der Waals surface area contributed by atoms with Crippen LogP contribution in [-0.2, 0) is 5.75 Å². The van der Waals surface area contributed by atoms with Crippen LogP contribution in [0.2, 0.25) is 0 Å². The highest BCUT2D eigenvalue weighted by Crippen LogP contribution is 2.31. The minimum Gasteiger partial charge on any atom is -0.451 e. The number of carbonyl (C=O) groups excluding carboxylic acids is 1. The van der Waals surface area contributed by atoms with Gasteiger partial charge in [0.15, 0.2) is 10.9 Å². The quantitative estimate of drug-likeness (QED) is 0.370. The van der Waals surface area contributed by atoms with Crippen LogP contribution < -0.4 is 0 Å². The molecule has 0 saturated heterocycles. The zero-order valence-corrected chi connectivity index (χ0v) is 19.1. The molecule has 0 bridgehead atoms. The molecule has 0 spiro atoms. The summed E-state index contributed by atoms with van der Waals surface area (Å²) in [6.45, 7) is 1.55. The number of benzene rings is 1. The van der Waals surface area contributed by atoms with E-state index in [1.165, 1.54) is 43.9 Å². The molecule has 1 aliphatic rings. The third kappa shape index (κ3) is 5.28. The summed E-state index contributed by atoms with van der Waals surface area (Å²) < 4.78 is 6.03. The van der Waals surface area contributed by atoms with Gasteiger partial charge in [0.05, 0.1) is 0 Å². The second-order valence-electron chi connectivity index (χ2n) is 8.23. The van der Waals surface area contributed by atoms with E-state index in [2.05, 4.69) is 21.9 Å². The molecule has 1 amide bonds. The Morgan fingerprint density at radius 3 is 2.58 bits per heavy atom. The molecule has 0 atom stereocenters. The highest BCUT2D eigenvalue weighted by molar-refractivity contribution is 7.98. The molecule has 0 N–H and O–H groups in total. The van der Waals surface area contributed by atoms with Crippen molar-refractivity contribution in [1.82, 2.24) is 19.8 Å². The van der Waals surface area contributed by atoms with E-state index >= 15 is 0 Å². The fourth-order valence-corrected chi connectivity index (χ4v) is 5.03. The van der Waals surface area contributed by atoms with Gasteiger partial charge in [-0.25, -0.2) is 9.97 Å². The summed E-state index contributed by atoms with van der Waals surface area (Å²) in [6.07, 6.45) is 9.96. The van der Waals surface area contributed by atoms with Crippen molar-refractivity contribution in [3.05, 3.63) is 54.0 Å². The SMILES string of the molecule is CN(CCN(C)C1CCCCC1)C(=O)c1oc2ccccc2c1CSc1ncccn1. The molecule has 1 aliphatic carbocycles. The molecule has 31 heavy (non-hydrogen) atoms. The number of thioether (sulfide) groups is 1. The smallest absolute Gasteiger partial charge is 0.289 e. The number of rotatable bonds is 8. The number of hydrogen-bond donors (Lipinski definition) is 0. The normalized spacial score (nSPS) is 14.9. The molecule has 3 aromatic rings. The average molecular weight is 439 g/mol. The minimum atomic E-state index is -0.0715. The van der Waals surface area contributed by atoms with E-state index < -0.39 is 0 Å². The second-order valence-corrected chi connectivity index (χ2v) is 9.17. The first kappa shape index (κ1) is 21.8. The van der Waals surface area contributed by atoms with Crippen molar-refractivity contribution in [2.45, 2.75) is 49.1 Å². The number of para-hydroxylation sites is 1. The van der Waals surface area contributed by atoms with Crippen molar-refractivity contribution in [2.75, 3.05) is 27.2 Å². The maximum atomic E-state index is 13.3. The molecule has 1 aromatic carbocycles.